The molecule has 0 saturated heterocycles. The Morgan fingerprint density at radius 2 is 1.44 bits per heavy atom. The Morgan fingerprint density at radius 1 is 0.882 bits per heavy atom. The van der Waals surface area contributed by atoms with E-state index >= 15 is 0 Å². The van der Waals surface area contributed by atoms with E-state index in [-0.39, 0.29) is 12.2 Å². The summed E-state index contributed by atoms with van der Waals surface area (Å²) in [4.78, 5) is 0. The van der Waals surface area contributed by atoms with Gasteiger partial charge in [-0.3, -0.25) is 0 Å². The summed E-state index contributed by atoms with van der Waals surface area (Å²) in [5.74, 6) is 1.17. The van der Waals surface area contributed by atoms with Gasteiger partial charge in [-0.2, -0.15) is 0 Å². The molecule has 3 atom stereocenters. The molecule has 1 aromatic rings. The van der Waals surface area contributed by atoms with Gasteiger partial charge in [-0.15, -0.1) is 0 Å². The second kappa shape index (κ2) is 18.7. The Bertz CT molecular complexity index is 621. The summed E-state index contributed by atoms with van der Waals surface area (Å²) >= 11 is -2.38. The third-order valence-electron chi connectivity index (χ3n) is 7.15. The van der Waals surface area contributed by atoms with Crippen LogP contribution in [0.2, 0.25) is 13.3 Å². The van der Waals surface area contributed by atoms with Crippen molar-refractivity contribution in [2.75, 3.05) is 7.11 Å². The molecule has 0 aliphatic heterocycles. The van der Waals surface area contributed by atoms with E-state index in [1.54, 1.807) is 7.11 Å². The molecule has 0 aliphatic carbocycles. The summed E-state index contributed by atoms with van der Waals surface area (Å²) in [5.41, 5.74) is 1.17. The summed E-state index contributed by atoms with van der Waals surface area (Å²) in [6.07, 6.45) is 12.9. The summed E-state index contributed by atoms with van der Waals surface area (Å²) in [6.45, 7) is 12.0. The van der Waals surface area contributed by atoms with Crippen molar-refractivity contribution in [2.24, 2.45) is 5.92 Å². The molecular weight excluding hydrogens is 527 g/mol. The van der Waals surface area contributed by atoms with Crippen molar-refractivity contribution in [1.82, 2.24) is 0 Å². The molecule has 196 valence electrons. The average Bonchev–Trinajstić information content (AvgIpc) is 2.84. The molecule has 0 amide bonds. The van der Waals surface area contributed by atoms with Crippen LogP contribution in [0.4, 0.5) is 0 Å². The van der Waals surface area contributed by atoms with Gasteiger partial charge in [-0.05, 0) is 0 Å². The van der Waals surface area contributed by atoms with Crippen LogP contribution in [0.25, 0.3) is 0 Å². The van der Waals surface area contributed by atoms with Gasteiger partial charge in [0.15, 0.2) is 0 Å². The number of methoxy groups -OCH3 is 1. The zero-order valence-corrected chi connectivity index (χ0v) is 26.0. The van der Waals surface area contributed by atoms with E-state index < -0.39 is 18.4 Å². The molecule has 1 rings (SSSR count). The number of hydrogen-bond donors (Lipinski definition) is 1. The molecule has 0 saturated carbocycles. The number of unbranched alkanes of at least 4 members (excludes halogenated alkanes) is 3. The SMILES string of the molecule is CCC[CH2][Sn]([CH]=CC(OCc1ccc(OC)cc1)C(C)CC(O)CCC)([CH2]CCC)[CH2]CCC. The third kappa shape index (κ3) is 12.4. The van der Waals surface area contributed by atoms with E-state index in [2.05, 4.69) is 56.9 Å². The topological polar surface area (TPSA) is 38.7 Å². The van der Waals surface area contributed by atoms with Gasteiger partial charge in [0, 0.05) is 0 Å². The number of ether oxygens (including phenoxy) is 2. The fraction of sp³-hybridized carbons (Fsp3) is 0.733. The molecule has 1 N–H and O–H groups in total. The molecule has 0 fully saturated rings. The van der Waals surface area contributed by atoms with Gasteiger partial charge in [0.1, 0.15) is 0 Å². The second-order valence-electron chi connectivity index (χ2n) is 10.3. The molecule has 0 radical (unpaired) electrons. The maximum absolute atomic E-state index is 10.5. The van der Waals surface area contributed by atoms with Gasteiger partial charge < -0.3 is 0 Å². The van der Waals surface area contributed by atoms with E-state index in [0.29, 0.717) is 12.5 Å². The number of aliphatic hydroxyl groups is 1. The van der Waals surface area contributed by atoms with Crippen LogP contribution in [0, 0.1) is 5.92 Å². The minimum absolute atomic E-state index is 0.0505. The zero-order valence-electron chi connectivity index (χ0n) is 23.2. The molecule has 3 nitrogen and oxygen atoms in total. The molecule has 1 aromatic carbocycles. The standard InChI is InChI=1S/C18H27O3.3C4H9.Sn/c1-5-7-16(19)12-14(3)18(6-2)21-13-15-8-10-17(20-4)11-9-15;3*1-3-4-2;/h2,6,8-11,14,16,18-19H,5,7,12-13H2,1,3-4H3;3*1,3-4H2,2H3;. The quantitative estimate of drug-likeness (QED) is 0.157. The summed E-state index contributed by atoms with van der Waals surface area (Å²) in [5, 5.41) is 10.5. The summed E-state index contributed by atoms with van der Waals surface area (Å²) in [7, 11) is 1.70. The Morgan fingerprint density at radius 3 is 1.91 bits per heavy atom. The molecule has 0 heterocycles. The van der Waals surface area contributed by atoms with Crippen LogP contribution in [0.5, 0.6) is 5.75 Å². The van der Waals surface area contributed by atoms with Crippen molar-refractivity contribution in [2.45, 2.75) is 125 Å². The summed E-state index contributed by atoms with van der Waals surface area (Å²) in [6, 6.07) is 8.17. The van der Waals surface area contributed by atoms with E-state index in [9.17, 15) is 5.11 Å². The van der Waals surface area contributed by atoms with E-state index in [1.807, 2.05) is 12.1 Å². The number of hydrogen-bond acceptors (Lipinski definition) is 3. The summed E-state index contributed by atoms with van der Waals surface area (Å²) < 4.78 is 19.0. The molecule has 0 aliphatic rings. The van der Waals surface area contributed by atoms with Crippen LogP contribution in [0.15, 0.2) is 34.4 Å². The fourth-order valence-electron chi connectivity index (χ4n) is 4.85. The number of rotatable bonds is 20. The molecule has 0 spiro atoms. The predicted octanol–water partition coefficient (Wildman–Crippen LogP) is 8.71. The normalized spacial score (nSPS) is 14.9. The predicted molar refractivity (Wildman–Crippen MR) is 150 cm³/mol. The van der Waals surface area contributed by atoms with Gasteiger partial charge in [0.05, 0.1) is 0 Å². The first-order valence-electron chi connectivity index (χ1n) is 14.0. The van der Waals surface area contributed by atoms with Crippen LogP contribution in [-0.2, 0) is 11.3 Å². The van der Waals surface area contributed by atoms with Crippen molar-refractivity contribution >= 4 is 18.4 Å². The molecule has 34 heavy (non-hydrogen) atoms. The third-order valence-corrected chi connectivity index (χ3v) is 21.3. The fourth-order valence-corrected chi connectivity index (χ4v) is 19.2. The Kier molecular flexibility index (Phi) is 17.3. The van der Waals surface area contributed by atoms with E-state index in [1.165, 1.54) is 57.4 Å². The Labute approximate surface area is 215 Å². The first-order valence-corrected chi connectivity index (χ1v) is 21.8. The van der Waals surface area contributed by atoms with Crippen LogP contribution >= 0.6 is 0 Å². The molecule has 3 unspecified atom stereocenters. The first-order chi connectivity index (χ1) is 16.4. The number of benzene rings is 1. The van der Waals surface area contributed by atoms with Crippen LogP contribution in [-0.4, -0.2) is 42.8 Å². The van der Waals surface area contributed by atoms with Crippen molar-refractivity contribution in [3.8, 4) is 5.75 Å². The Hall–Kier alpha value is -0.521. The molecule has 0 bridgehead atoms. The number of aliphatic hydroxyl groups excluding tert-OH is 1. The zero-order chi connectivity index (χ0) is 25.2. The minimum atomic E-state index is -2.38. The first kappa shape index (κ1) is 31.5. The van der Waals surface area contributed by atoms with Crippen LogP contribution in [0.3, 0.4) is 0 Å². The molecular formula is C30H54O3Sn. The average molecular weight is 581 g/mol. The van der Waals surface area contributed by atoms with Gasteiger partial charge in [-0.1, -0.05) is 0 Å². The van der Waals surface area contributed by atoms with Crippen molar-refractivity contribution < 1.29 is 14.6 Å². The van der Waals surface area contributed by atoms with Gasteiger partial charge in [-0.25, -0.2) is 0 Å². The Balaban J connectivity index is 3.09. The molecule has 0 aromatic heterocycles. The van der Waals surface area contributed by atoms with Crippen molar-refractivity contribution in [1.29, 1.82) is 0 Å². The van der Waals surface area contributed by atoms with E-state index in [0.717, 1.165) is 25.0 Å². The molecule has 4 heteroatoms. The van der Waals surface area contributed by atoms with Gasteiger partial charge in [0.25, 0.3) is 0 Å². The van der Waals surface area contributed by atoms with Crippen LogP contribution in [0.1, 0.15) is 98.0 Å². The monoisotopic (exact) mass is 582 g/mol. The van der Waals surface area contributed by atoms with Crippen LogP contribution < -0.4 is 4.74 Å². The van der Waals surface area contributed by atoms with Gasteiger partial charge >= 0.3 is 216 Å². The van der Waals surface area contributed by atoms with Gasteiger partial charge in [0.2, 0.25) is 0 Å². The maximum atomic E-state index is 10.5. The van der Waals surface area contributed by atoms with Crippen molar-refractivity contribution in [3.05, 3.63) is 40.0 Å². The second-order valence-corrected chi connectivity index (χ2v) is 23.3. The van der Waals surface area contributed by atoms with Crippen molar-refractivity contribution in [3.63, 3.8) is 0 Å². The van der Waals surface area contributed by atoms with E-state index in [4.69, 9.17) is 9.47 Å².